The Labute approximate surface area is 354 Å². The van der Waals surface area contributed by atoms with E-state index in [1.807, 2.05) is 48.5 Å². The molecule has 8 aromatic carbocycles. The molecule has 0 aliphatic heterocycles. The van der Waals surface area contributed by atoms with Crippen LogP contribution in [-0.2, 0) is 0 Å². The molecule has 61 heavy (non-hydrogen) atoms. The van der Waals surface area contributed by atoms with E-state index in [-0.39, 0.29) is 0 Å². The molecule has 3 aromatic heterocycles. The lowest BCUT2D eigenvalue weighted by molar-refractivity contribution is 1.11. The monoisotopic (exact) mass is 779 g/mol. The number of para-hydroxylation sites is 2. The molecule has 0 amide bonds. The third-order valence-corrected chi connectivity index (χ3v) is 11.2. The van der Waals surface area contributed by atoms with Gasteiger partial charge >= 0.3 is 0 Å². The Morgan fingerprint density at radius 3 is 1.38 bits per heavy atom. The second-order valence-corrected chi connectivity index (χ2v) is 15.1. The van der Waals surface area contributed by atoms with Crippen molar-refractivity contribution in [3.05, 3.63) is 224 Å². The van der Waals surface area contributed by atoms with Gasteiger partial charge in [-0.2, -0.15) is 0 Å². The van der Waals surface area contributed by atoms with Crippen LogP contribution in [0.3, 0.4) is 0 Å². The van der Waals surface area contributed by atoms with Gasteiger partial charge in [0.25, 0.3) is 0 Å². The third-order valence-electron chi connectivity index (χ3n) is 11.2. The summed E-state index contributed by atoms with van der Waals surface area (Å²) in [6, 6.07) is 77.9. The molecule has 0 saturated heterocycles. The first kappa shape index (κ1) is 35.8. The Morgan fingerprint density at radius 2 is 0.738 bits per heavy atom. The summed E-state index contributed by atoms with van der Waals surface area (Å²) < 4.78 is 2.26. The van der Waals surface area contributed by atoms with Crippen molar-refractivity contribution in [2.75, 3.05) is 0 Å². The molecule has 0 fully saturated rings. The molecule has 0 N–H and O–H groups in total. The number of fused-ring (bicyclic) bond motifs is 3. The van der Waals surface area contributed by atoms with Gasteiger partial charge in [-0.15, -0.1) is 0 Å². The highest BCUT2D eigenvalue weighted by Crippen LogP contribution is 2.39. The van der Waals surface area contributed by atoms with Gasteiger partial charge in [0.1, 0.15) is 5.65 Å². The van der Waals surface area contributed by atoms with Crippen molar-refractivity contribution in [2.24, 2.45) is 0 Å². The van der Waals surface area contributed by atoms with Crippen molar-refractivity contribution in [1.29, 1.82) is 0 Å². The second-order valence-electron chi connectivity index (χ2n) is 15.1. The lowest BCUT2D eigenvalue weighted by Crippen LogP contribution is -1.99. The summed E-state index contributed by atoms with van der Waals surface area (Å²) >= 11 is 0. The first-order valence-electron chi connectivity index (χ1n) is 20.5. The Morgan fingerprint density at radius 1 is 0.295 bits per heavy atom. The molecular weight excluding hydrogens is 743 g/mol. The van der Waals surface area contributed by atoms with Gasteiger partial charge in [-0.1, -0.05) is 182 Å². The number of hydrogen-bond donors (Lipinski definition) is 0. The predicted molar refractivity (Wildman–Crippen MR) is 250 cm³/mol. The Bertz CT molecular complexity index is 3280. The number of nitrogens with zero attached hydrogens (tertiary/aromatic N) is 5. The Balaban J connectivity index is 1.00. The van der Waals surface area contributed by atoms with Gasteiger partial charge in [0.15, 0.2) is 11.6 Å². The van der Waals surface area contributed by atoms with E-state index in [2.05, 4.69) is 180 Å². The fourth-order valence-electron chi connectivity index (χ4n) is 8.27. The van der Waals surface area contributed by atoms with Crippen molar-refractivity contribution < 1.29 is 0 Å². The van der Waals surface area contributed by atoms with E-state index >= 15 is 0 Å². The first-order valence-corrected chi connectivity index (χ1v) is 20.5. The third kappa shape index (κ3) is 6.84. The van der Waals surface area contributed by atoms with Crippen LogP contribution >= 0.6 is 0 Å². The summed E-state index contributed by atoms with van der Waals surface area (Å²) in [7, 11) is 0. The molecule has 0 bridgehead atoms. The van der Waals surface area contributed by atoms with Crippen LogP contribution in [0.25, 0.3) is 106 Å². The average Bonchev–Trinajstić information content (AvgIpc) is 3.69. The van der Waals surface area contributed by atoms with Gasteiger partial charge in [0, 0.05) is 38.9 Å². The van der Waals surface area contributed by atoms with Gasteiger partial charge in [-0.05, 0) is 64.7 Å². The molecule has 3 heterocycles. The summed E-state index contributed by atoms with van der Waals surface area (Å²) in [5.74, 6) is 1.37. The largest absolute Gasteiger partial charge is 0.294 e. The highest BCUT2D eigenvalue weighted by Gasteiger charge is 2.21. The maximum absolute atomic E-state index is 5.38. The summed E-state index contributed by atoms with van der Waals surface area (Å²) in [6.45, 7) is 0. The van der Waals surface area contributed by atoms with Crippen LogP contribution in [0.5, 0.6) is 0 Å². The minimum Gasteiger partial charge on any atom is -0.294 e. The topological polar surface area (TPSA) is 56.5 Å². The van der Waals surface area contributed by atoms with Crippen LogP contribution < -0.4 is 0 Å². The number of hydrogen-bond acceptors (Lipinski definition) is 4. The smallest absolute Gasteiger partial charge is 0.162 e. The first-order chi connectivity index (χ1) is 30.2. The number of benzene rings is 8. The van der Waals surface area contributed by atoms with Crippen LogP contribution in [0.4, 0.5) is 0 Å². The van der Waals surface area contributed by atoms with E-state index in [4.69, 9.17) is 19.9 Å². The van der Waals surface area contributed by atoms with Gasteiger partial charge in [-0.25, -0.2) is 19.9 Å². The molecule has 0 aliphatic carbocycles. The van der Waals surface area contributed by atoms with E-state index < -0.39 is 0 Å². The molecule has 0 spiro atoms. The van der Waals surface area contributed by atoms with Crippen molar-refractivity contribution in [3.63, 3.8) is 0 Å². The van der Waals surface area contributed by atoms with Crippen molar-refractivity contribution in [1.82, 2.24) is 24.5 Å². The summed E-state index contributed by atoms with van der Waals surface area (Å²) in [4.78, 5) is 20.8. The molecule has 0 aliphatic rings. The average molecular weight is 780 g/mol. The van der Waals surface area contributed by atoms with E-state index in [1.54, 1.807) is 0 Å². The zero-order valence-corrected chi connectivity index (χ0v) is 33.1. The molecular formula is C56H37N5. The minimum absolute atomic E-state index is 0.673. The maximum Gasteiger partial charge on any atom is 0.162 e. The van der Waals surface area contributed by atoms with Gasteiger partial charge in [-0.3, -0.25) is 4.57 Å². The quantitative estimate of drug-likeness (QED) is 0.154. The van der Waals surface area contributed by atoms with Crippen LogP contribution in [0.1, 0.15) is 0 Å². The summed E-state index contributed by atoms with van der Waals surface area (Å²) in [6.07, 6.45) is 0. The number of aromatic nitrogens is 5. The molecule has 0 radical (unpaired) electrons. The fourth-order valence-corrected chi connectivity index (χ4v) is 8.27. The predicted octanol–water partition coefficient (Wildman–Crippen LogP) is 14.0. The van der Waals surface area contributed by atoms with Crippen molar-refractivity contribution in [3.8, 4) is 84.5 Å². The Kier molecular flexibility index (Phi) is 9.10. The van der Waals surface area contributed by atoms with Crippen LogP contribution in [0.2, 0.25) is 0 Å². The molecule has 11 aromatic rings. The van der Waals surface area contributed by atoms with Crippen LogP contribution in [-0.4, -0.2) is 24.5 Å². The van der Waals surface area contributed by atoms with Crippen molar-refractivity contribution in [2.45, 2.75) is 0 Å². The molecule has 11 rings (SSSR count). The zero-order chi connectivity index (χ0) is 40.5. The van der Waals surface area contributed by atoms with E-state index in [0.29, 0.717) is 11.6 Å². The van der Waals surface area contributed by atoms with E-state index in [1.165, 1.54) is 0 Å². The lowest BCUT2D eigenvalue weighted by atomic mass is 9.96. The number of rotatable bonds is 8. The maximum atomic E-state index is 5.38. The van der Waals surface area contributed by atoms with Gasteiger partial charge < -0.3 is 0 Å². The summed E-state index contributed by atoms with van der Waals surface area (Å²) in [5, 5.41) is 2.16. The lowest BCUT2D eigenvalue weighted by Gasteiger charge is -2.12. The minimum atomic E-state index is 0.673. The Hall–Kier alpha value is -8.28. The van der Waals surface area contributed by atoms with Crippen LogP contribution in [0, 0.1) is 0 Å². The standard InChI is InChI=1S/C56H37N5/c1-5-18-38(19-6-1)49-37-50(58-54(57-49)40-22-9-3-10-23-40)45-28-16-26-43(35-45)41-24-15-25-42(34-41)44-27-17-29-46(36-44)55-59-53(39-20-7-2-8-21-39)52-48-32-13-14-33-51(48)61(56(52)60-55)47-30-11-4-12-31-47/h1-37H. The van der Waals surface area contributed by atoms with E-state index in [0.717, 1.165) is 94.8 Å². The van der Waals surface area contributed by atoms with Gasteiger partial charge in [0.2, 0.25) is 0 Å². The highest BCUT2D eigenvalue weighted by molar-refractivity contribution is 6.14. The SMILES string of the molecule is c1ccc(-c2cc(-c3cccc(-c4cccc(-c5cccc(-c6nc(-c7ccccc7)c7c8ccccc8n(-c8ccccc8)c7n6)c5)c4)c3)nc(-c3ccccc3)n2)cc1. The molecule has 0 saturated carbocycles. The van der Waals surface area contributed by atoms with Crippen molar-refractivity contribution >= 4 is 21.9 Å². The molecule has 0 unspecified atom stereocenters. The molecule has 0 atom stereocenters. The van der Waals surface area contributed by atoms with E-state index in [9.17, 15) is 0 Å². The molecule has 5 nitrogen and oxygen atoms in total. The molecule has 286 valence electrons. The van der Waals surface area contributed by atoms with Crippen LogP contribution in [0.15, 0.2) is 224 Å². The summed E-state index contributed by atoms with van der Waals surface area (Å²) in [5.41, 5.74) is 15.1. The molecule has 5 heteroatoms. The second kappa shape index (κ2) is 15.5. The normalized spacial score (nSPS) is 11.3. The highest BCUT2D eigenvalue weighted by atomic mass is 15.1. The fraction of sp³-hybridized carbons (Fsp3) is 0. The van der Waals surface area contributed by atoms with Gasteiger partial charge in [0.05, 0.1) is 28.0 Å². The zero-order valence-electron chi connectivity index (χ0n) is 33.1.